The molecule has 0 spiro atoms. The van der Waals surface area contributed by atoms with E-state index in [9.17, 15) is 14.0 Å². The second kappa shape index (κ2) is 8.43. The van der Waals surface area contributed by atoms with Crippen LogP contribution in [0.15, 0.2) is 41.8 Å². The molecule has 2 N–H and O–H groups in total. The second-order valence-electron chi connectivity index (χ2n) is 5.20. The van der Waals surface area contributed by atoms with Crippen molar-refractivity contribution in [2.75, 3.05) is 0 Å². The zero-order chi connectivity index (χ0) is 16.7. The van der Waals surface area contributed by atoms with Gasteiger partial charge in [-0.15, -0.1) is 11.3 Å². The highest BCUT2D eigenvalue weighted by Crippen LogP contribution is 2.18. The number of carbonyl (C=O) groups excluding carboxylic acids is 1. The first-order chi connectivity index (χ1) is 11.0. The van der Waals surface area contributed by atoms with E-state index < -0.39 is 17.8 Å². The van der Waals surface area contributed by atoms with Gasteiger partial charge in [0.25, 0.3) is 0 Å². The van der Waals surface area contributed by atoms with Gasteiger partial charge in [0.05, 0.1) is 12.5 Å². The lowest BCUT2D eigenvalue weighted by atomic mass is 10.0. The van der Waals surface area contributed by atoms with Crippen molar-refractivity contribution in [3.8, 4) is 0 Å². The molecule has 2 aromatic rings. The monoisotopic (exact) mass is 335 g/mol. The second-order valence-corrected chi connectivity index (χ2v) is 6.23. The van der Waals surface area contributed by atoms with Gasteiger partial charge in [-0.05, 0) is 42.0 Å². The van der Waals surface area contributed by atoms with Crippen LogP contribution >= 0.6 is 11.3 Å². The van der Waals surface area contributed by atoms with Crippen molar-refractivity contribution in [3.05, 3.63) is 58.0 Å². The third-order valence-corrected chi connectivity index (χ3v) is 4.33. The zero-order valence-corrected chi connectivity index (χ0v) is 13.3. The number of hydrogen-bond acceptors (Lipinski definition) is 3. The molecule has 0 bridgehead atoms. The number of benzene rings is 1. The topological polar surface area (TPSA) is 66.4 Å². The molecule has 0 unspecified atom stereocenters. The van der Waals surface area contributed by atoms with Crippen LogP contribution in [0, 0.1) is 5.82 Å². The molecule has 2 rings (SSSR count). The van der Waals surface area contributed by atoms with E-state index >= 15 is 0 Å². The number of rotatable bonds is 8. The highest BCUT2D eigenvalue weighted by Gasteiger charge is 2.18. The van der Waals surface area contributed by atoms with Crippen molar-refractivity contribution >= 4 is 23.2 Å². The van der Waals surface area contributed by atoms with Gasteiger partial charge in [-0.25, -0.2) is 4.39 Å². The molecule has 4 nitrogen and oxygen atoms in total. The van der Waals surface area contributed by atoms with Gasteiger partial charge in [-0.1, -0.05) is 18.2 Å². The Morgan fingerprint density at radius 1 is 1.22 bits per heavy atom. The number of halogens is 1. The van der Waals surface area contributed by atoms with E-state index in [4.69, 9.17) is 5.11 Å². The predicted octanol–water partition coefficient (Wildman–Crippen LogP) is 3.54. The van der Waals surface area contributed by atoms with Crippen LogP contribution in [-0.2, 0) is 16.0 Å². The molecular formula is C17H18FNO3S. The van der Waals surface area contributed by atoms with Gasteiger partial charge in [-0.2, -0.15) is 0 Å². The minimum Gasteiger partial charge on any atom is -0.481 e. The molecular weight excluding hydrogens is 317 g/mol. The van der Waals surface area contributed by atoms with Gasteiger partial charge >= 0.3 is 5.97 Å². The smallest absolute Gasteiger partial charge is 0.305 e. The largest absolute Gasteiger partial charge is 0.481 e. The quantitative estimate of drug-likeness (QED) is 0.775. The minimum atomic E-state index is -1.02. The molecule has 6 heteroatoms. The van der Waals surface area contributed by atoms with Gasteiger partial charge in [0.15, 0.2) is 0 Å². The summed E-state index contributed by atoms with van der Waals surface area (Å²) in [5.74, 6) is -1.61. The Labute approximate surface area is 138 Å². The Hall–Kier alpha value is -2.21. The fourth-order valence-electron chi connectivity index (χ4n) is 2.27. The summed E-state index contributed by atoms with van der Waals surface area (Å²) in [6.07, 6.45) is 1.62. The summed E-state index contributed by atoms with van der Waals surface area (Å²) >= 11 is 1.65. The van der Waals surface area contributed by atoms with Crippen molar-refractivity contribution < 1.29 is 19.1 Å². The SMILES string of the molecule is O=C(O)C[C@H](NC(=O)CCCc1cccs1)c1ccc(F)cc1. The van der Waals surface area contributed by atoms with Crippen LogP contribution < -0.4 is 5.32 Å². The first-order valence-electron chi connectivity index (χ1n) is 7.33. The molecule has 1 aromatic carbocycles. The Balaban J connectivity index is 1.89. The number of carbonyl (C=O) groups is 2. The molecule has 0 aliphatic rings. The summed E-state index contributed by atoms with van der Waals surface area (Å²) in [4.78, 5) is 24.2. The number of amides is 1. The lowest BCUT2D eigenvalue weighted by molar-refractivity contribution is -0.137. The van der Waals surface area contributed by atoms with Crippen molar-refractivity contribution in [1.29, 1.82) is 0 Å². The van der Waals surface area contributed by atoms with Crippen molar-refractivity contribution in [1.82, 2.24) is 5.32 Å². The molecule has 122 valence electrons. The molecule has 1 aromatic heterocycles. The van der Waals surface area contributed by atoms with Crippen molar-refractivity contribution in [3.63, 3.8) is 0 Å². The molecule has 0 fully saturated rings. The molecule has 0 aliphatic carbocycles. The maximum Gasteiger partial charge on any atom is 0.305 e. The maximum atomic E-state index is 13.0. The number of carboxylic acid groups (broad SMARTS) is 1. The van der Waals surface area contributed by atoms with Crippen LogP contribution in [0.5, 0.6) is 0 Å². The third-order valence-electron chi connectivity index (χ3n) is 3.39. The molecule has 1 heterocycles. The summed E-state index contributed by atoms with van der Waals surface area (Å²) in [7, 11) is 0. The summed E-state index contributed by atoms with van der Waals surface area (Å²) < 4.78 is 13.0. The molecule has 1 amide bonds. The average molecular weight is 335 g/mol. The van der Waals surface area contributed by atoms with Crippen molar-refractivity contribution in [2.24, 2.45) is 0 Å². The molecule has 0 aliphatic heterocycles. The van der Waals surface area contributed by atoms with Gasteiger partial charge in [0.1, 0.15) is 5.82 Å². The van der Waals surface area contributed by atoms with E-state index in [1.165, 1.54) is 29.1 Å². The summed E-state index contributed by atoms with van der Waals surface area (Å²) in [6, 6.07) is 8.85. The van der Waals surface area contributed by atoms with Crippen LogP contribution in [0.1, 0.15) is 35.7 Å². The van der Waals surface area contributed by atoms with E-state index in [-0.39, 0.29) is 12.3 Å². The van der Waals surface area contributed by atoms with Gasteiger partial charge in [0.2, 0.25) is 5.91 Å². The summed E-state index contributed by atoms with van der Waals surface area (Å²) in [6.45, 7) is 0. The molecule has 23 heavy (non-hydrogen) atoms. The van der Waals surface area contributed by atoms with Gasteiger partial charge in [-0.3, -0.25) is 9.59 Å². The average Bonchev–Trinajstić information content (AvgIpc) is 3.00. The van der Waals surface area contributed by atoms with Crippen LogP contribution in [0.4, 0.5) is 4.39 Å². The number of thiophene rings is 1. The number of aryl methyl sites for hydroxylation is 1. The number of hydrogen-bond donors (Lipinski definition) is 2. The third kappa shape index (κ3) is 5.83. The normalized spacial score (nSPS) is 11.9. The minimum absolute atomic E-state index is 0.197. The standard InChI is InChI=1S/C17H18FNO3S/c18-13-8-6-12(7-9-13)15(11-17(21)22)19-16(20)5-1-3-14-4-2-10-23-14/h2,4,6-10,15H,1,3,5,11H2,(H,19,20)(H,21,22)/t15-/m0/s1. The fourth-order valence-corrected chi connectivity index (χ4v) is 3.02. The lowest BCUT2D eigenvalue weighted by Gasteiger charge is -2.17. The van der Waals surface area contributed by atoms with Crippen LogP contribution in [0.3, 0.4) is 0 Å². The summed E-state index contributed by atoms with van der Waals surface area (Å²) in [5.41, 5.74) is 0.584. The van der Waals surface area contributed by atoms with Crippen molar-refractivity contribution in [2.45, 2.75) is 31.7 Å². The fraction of sp³-hybridized carbons (Fsp3) is 0.294. The summed E-state index contributed by atoms with van der Waals surface area (Å²) in [5, 5.41) is 13.7. The molecule has 0 saturated heterocycles. The predicted molar refractivity (Wildman–Crippen MR) is 86.8 cm³/mol. The van der Waals surface area contributed by atoms with E-state index in [2.05, 4.69) is 5.32 Å². The van der Waals surface area contributed by atoms with E-state index in [0.717, 1.165) is 6.42 Å². The molecule has 1 atom stereocenters. The van der Waals surface area contributed by atoms with Crippen LogP contribution in [-0.4, -0.2) is 17.0 Å². The number of aliphatic carboxylic acids is 1. The zero-order valence-electron chi connectivity index (χ0n) is 12.5. The Morgan fingerprint density at radius 3 is 2.57 bits per heavy atom. The first kappa shape index (κ1) is 17.1. The Bertz CT molecular complexity index is 640. The van der Waals surface area contributed by atoms with Crippen LogP contribution in [0.2, 0.25) is 0 Å². The van der Waals surface area contributed by atoms with E-state index in [1.807, 2.05) is 17.5 Å². The van der Waals surface area contributed by atoms with Gasteiger partial charge < -0.3 is 10.4 Å². The highest BCUT2D eigenvalue weighted by molar-refractivity contribution is 7.09. The number of nitrogens with one attached hydrogen (secondary N) is 1. The van der Waals surface area contributed by atoms with E-state index in [0.29, 0.717) is 18.4 Å². The highest BCUT2D eigenvalue weighted by atomic mass is 32.1. The maximum absolute atomic E-state index is 13.0. The Morgan fingerprint density at radius 2 is 1.96 bits per heavy atom. The number of carboxylic acids is 1. The van der Waals surface area contributed by atoms with E-state index in [1.54, 1.807) is 11.3 Å². The van der Waals surface area contributed by atoms with Gasteiger partial charge in [0, 0.05) is 11.3 Å². The van der Waals surface area contributed by atoms with Crippen LogP contribution in [0.25, 0.3) is 0 Å². The Kier molecular flexibility index (Phi) is 6.29. The first-order valence-corrected chi connectivity index (χ1v) is 8.21. The molecule has 0 saturated carbocycles. The lowest BCUT2D eigenvalue weighted by Crippen LogP contribution is -2.30. The molecule has 0 radical (unpaired) electrons.